The van der Waals surface area contributed by atoms with Gasteiger partial charge in [0.25, 0.3) is 0 Å². The molecule has 0 unspecified atom stereocenters. The fraction of sp³-hybridized carbons (Fsp3) is 0.533. The van der Waals surface area contributed by atoms with Crippen LogP contribution in [0, 0.1) is 0 Å². The van der Waals surface area contributed by atoms with Gasteiger partial charge in [-0.2, -0.15) is 0 Å². The fourth-order valence-corrected chi connectivity index (χ4v) is 2.69. The van der Waals surface area contributed by atoms with E-state index in [0.29, 0.717) is 0 Å². The van der Waals surface area contributed by atoms with Crippen LogP contribution >= 0.6 is 0 Å². The Balaban J connectivity index is 2.40. The smallest absolute Gasteiger partial charge is 0.232 e. The van der Waals surface area contributed by atoms with Gasteiger partial charge in [0.15, 0.2) is 0 Å². The number of amides is 1. The maximum atomic E-state index is 12.6. The van der Waals surface area contributed by atoms with Crippen molar-refractivity contribution in [3.05, 3.63) is 29.8 Å². The molecule has 98 valence electrons. The molecule has 1 aliphatic heterocycles. The Bertz CT molecular complexity index is 444. The van der Waals surface area contributed by atoms with E-state index in [9.17, 15) is 4.79 Å². The van der Waals surface area contributed by atoms with Crippen LogP contribution in [-0.2, 0) is 10.2 Å². The van der Waals surface area contributed by atoms with Crippen molar-refractivity contribution in [2.75, 3.05) is 20.7 Å². The summed E-state index contributed by atoms with van der Waals surface area (Å²) in [5.41, 5.74) is 0.639. The third-order valence-corrected chi connectivity index (χ3v) is 3.95. The van der Waals surface area contributed by atoms with Gasteiger partial charge in [0.2, 0.25) is 5.91 Å². The Labute approximate surface area is 109 Å². The van der Waals surface area contributed by atoms with E-state index in [1.54, 1.807) is 7.11 Å². The minimum Gasteiger partial charge on any atom is -0.497 e. The lowest BCUT2D eigenvalue weighted by atomic mass is 9.77. The Hall–Kier alpha value is -1.51. The second kappa shape index (κ2) is 5.01. The number of ether oxygens (including phenoxy) is 1. The largest absolute Gasteiger partial charge is 0.497 e. The minimum atomic E-state index is -0.417. The van der Waals surface area contributed by atoms with Gasteiger partial charge in [0.05, 0.1) is 12.5 Å². The van der Waals surface area contributed by atoms with E-state index >= 15 is 0 Å². The number of nitrogens with zero attached hydrogens (tertiary/aromatic N) is 1. The van der Waals surface area contributed by atoms with Gasteiger partial charge in [-0.3, -0.25) is 4.79 Å². The highest BCUT2D eigenvalue weighted by Crippen LogP contribution is 2.35. The van der Waals surface area contributed by atoms with Gasteiger partial charge in [-0.15, -0.1) is 0 Å². The summed E-state index contributed by atoms with van der Waals surface area (Å²) in [5, 5.41) is 0. The zero-order chi connectivity index (χ0) is 13.2. The average Bonchev–Trinajstić information content (AvgIpc) is 2.53. The molecular formula is C15H21NO2. The Morgan fingerprint density at radius 2 is 2.11 bits per heavy atom. The molecule has 0 saturated carbocycles. The van der Waals surface area contributed by atoms with Crippen LogP contribution in [0.5, 0.6) is 5.75 Å². The van der Waals surface area contributed by atoms with Crippen molar-refractivity contribution in [1.82, 2.24) is 4.90 Å². The van der Waals surface area contributed by atoms with Gasteiger partial charge >= 0.3 is 0 Å². The zero-order valence-electron chi connectivity index (χ0n) is 11.4. The van der Waals surface area contributed by atoms with Crippen molar-refractivity contribution in [3.63, 3.8) is 0 Å². The molecule has 1 atom stereocenters. The summed E-state index contributed by atoms with van der Waals surface area (Å²) in [5.74, 6) is 1.03. The maximum Gasteiger partial charge on any atom is 0.232 e. The van der Waals surface area contributed by atoms with E-state index in [-0.39, 0.29) is 5.91 Å². The molecular weight excluding hydrogens is 226 g/mol. The topological polar surface area (TPSA) is 29.5 Å². The SMILES string of the molecule is COc1cccc([C@@]2(C)CCCCN(C)C2=O)c1. The first kappa shape index (κ1) is 12.9. The third kappa shape index (κ3) is 2.22. The van der Waals surface area contributed by atoms with E-state index in [1.165, 1.54) is 0 Å². The summed E-state index contributed by atoms with van der Waals surface area (Å²) >= 11 is 0. The van der Waals surface area contributed by atoms with Gasteiger partial charge < -0.3 is 9.64 Å². The van der Waals surface area contributed by atoms with Gasteiger partial charge in [0, 0.05) is 13.6 Å². The molecule has 0 N–H and O–H groups in total. The highest BCUT2D eigenvalue weighted by Gasteiger charge is 2.38. The average molecular weight is 247 g/mol. The summed E-state index contributed by atoms with van der Waals surface area (Å²) in [7, 11) is 3.55. The molecule has 0 radical (unpaired) electrons. The number of rotatable bonds is 2. The summed E-state index contributed by atoms with van der Waals surface area (Å²) in [6.07, 6.45) is 3.08. The summed E-state index contributed by atoms with van der Waals surface area (Å²) in [6.45, 7) is 2.91. The molecule has 2 rings (SSSR count). The first-order valence-corrected chi connectivity index (χ1v) is 6.48. The summed E-state index contributed by atoms with van der Waals surface area (Å²) in [6, 6.07) is 7.88. The van der Waals surface area contributed by atoms with Crippen LogP contribution in [0.1, 0.15) is 31.7 Å². The van der Waals surface area contributed by atoms with Crippen molar-refractivity contribution in [3.8, 4) is 5.75 Å². The number of hydrogen-bond acceptors (Lipinski definition) is 2. The molecule has 0 bridgehead atoms. The molecule has 1 fully saturated rings. The lowest BCUT2D eigenvalue weighted by Gasteiger charge is -2.30. The number of benzene rings is 1. The molecule has 1 aliphatic rings. The lowest BCUT2D eigenvalue weighted by molar-refractivity contribution is -0.134. The summed E-state index contributed by atoms with van der Waals surface area (Å²) < 4.78 is 5.26. The number of methoxy groups -OCH3 is 1. The highest BCUT2D eigenvalue weighted by atomic mass is 16.5. The molecule has 0 aliphatic carbocycles. The van der Waals surface area contributed by atoms with E-state index in [2.05, 4.69) is 0 Å². The van der Waals surface area contributed by atoms with E-state index in [1.807, 2.05) is 43.1 Å². The molecule has 1 amide bonds. The monoisotopic (exact) mass is 247 g/mol. The Morgan fingerprint density at radius 3 is 2.83 bits per heavy atom. The standard InChI is InChI=1S/C15H21NO2/c1-15(9-4-5-10-16(2)14(15)17)12-7-6-8-13(11-12)18-3/h6-8,11H,4-5,9-10H2,1-3H3/t15-/m1/s1. The first-order valence-electron chi connectivity index (χ1n) is 6.48. The minimum absolute atomic E-state index is 0.216. The first-order chi connectivity index (χ1) is 8.58. The lowest BCUT2D eigenvalue weighted by Crippen LogP contribution is -2.41. The Kier molecular flexibility index (Phi) is 3.60. The van der Waals surface area contributed by atoms with Crippen LogP contribution in [0.15, 0.2) is 24.3 Å². The van der Waals surface area contributed by atoms with Crippen LogP contribution < -0.4 is 4.74 Å². The quantitative estimate of drug-likeness (QED) is 0.804. The van der Waals surface area contributed by atoms with Crippen molar-refractivity contribution in [2.24, 2.45) is 0 Å². The number of likely N-dealkylation sites (tertiary alicyclic amines) is 1. The van der Waals surface area contributed by atoms with E-state index in [0.717, 1.165) is 37.1 Å². The maximum absolute atomic E-state index is 12.6. The molecule has 3 nitrogen and oxygen atoms in total. The van der Waals surface area contributed by atoms with Crippen LogP contribution in [0.2, 0.25) is 0 Å². The predicted octanol–water partition coefficient (Wildman–Crippen LogP) is 2.60. The highest BCUT2D eigenvalue weighted by molar-refractivity contribution is 5.88. The molecule has 1 saturated heterocycles. The summed E-state index contributed by atoms with van der Waals surface area (Å²) in [4.78, 5) is 14.4. The van der Waals surface area contributed by atoms with Crippen LogP contribution in [-0.4, -0.2) is 31.5 Å². The number of likely N-dealkylation sites (N-methyl/N-ethyl adjacent to an activating group) is 1. The van der Waals surface area contributed by atoms with E-state index < -0.39 is 5.41 Å². The molecule has 1 aromatic rings. The second-order valence-corrected chi connectivity index (χ2v) is 5.25. The Morgan fingerprint density at radius 1 is 1.33 bits per heavy atom. The number of carbonyl (C=O) groups is 1. The molecule has 1 heterocycles. The molecule has 1 aromatic carbocycles. The van der Waals surface area contributed by atoms with Gasteiger partial charge in [-0.25, -0.2) is 0 Å². The van der Waals surface area contributed by atoms with Gasteiger partial charge in [-0.1, -0.05) is 18.6 Å². The van der Waals surface area contributed by atoms with Crippen LogP contribution in [0.3, 0.4) is 0 Å². The van der Waals surface area contributed by atoms with Crippen LogP contribution in [0.25, 0.3) is 0 Å². The van der Waals surface area contributed by atoms with Gasteiger partial charge in [0.1, 0.15) is 5.75 Å². The zero-order valence-corrected chi connectivity index (χ0v) is 11.4. The van der Waals surface area contributed by atoms with Gasteiger partial charge in [-0.05, 0) is 37.5 Å². The molecule has 0 spiro atoms. The fourth-order valence-electron chi connectivity index (χ4n) is 2.69. The molecule has 3 heteroatoms. The second-order valence-electron chi connectivity index (χ2n) is 5.25. The molecule has 0 aromatic heterocycles. The number of carbonyl (C=O) groups excluding carboxylic acids is 1. The van der Waals surface area contributed by atoms with Crippen molar-refractivity contribution in [2.45, 2.75) is 31.6 Å². The van der Waals surface area contributed by atoms with Crippen LogP contribution in [0.4, 0.5) is 0 Å². The van der Waals surface area contributed by atoms with Crippen molar-refractivity contribution >= 4 is 5.91 Å². The van der Waals surface area contributed by atoms with E-state index in [4.69, 9.17) is 4.74 Å². The van der Waals surface area contributed by atoms with Crippen molar-refractivity contribution in [1.29, 1.82) is 0 Å². The molecule has 18 heavy (non-hydrogen) atoms. The number of hydrogen-bond donors (Lipinski definition) is 0. The normalized spacial score (nSPS) is 24.8. The third-order valence-electron chi connectivity index (χ3n) is 3.95. The predicted molar refractivity (Wildman–Crippen MR) is 71.8 cm³/mol. The van der Waals surface area contributed by atoms with Crippen molar-refractivity contribution < 1.29 is 9.53 Å².